The lowest BCUT2D eigenvalue weighted by Gasteiger charge is -2.11. The van der Waals surface area contributed by atoms with Crippen LogP contribution in [0.25, 0.3) is 11.1 Å². The molecule has 1 unspecified atom stereocenters. The number of aliphatic hydroxyl groups excluding tert-OH is 1. The molecule has 34 heavy (non-hydrogen) atoms. The molecule has 0 fully saturated rings. The van der Waals surface area contributed by atoms with E-state index in [-0.39, 0.29) is 12.2 Å². The molecule has 0 amide bonds. The second-order valence-electron chi connectivity index (χ2n) is 9.32. The molecule has 0 aliphatic carbocycles. The van der Waals surface area contributed by atoms with Crippen molar-refractivity contribution in [2.45, 2.75) is 78.6 Å². The molecule has 0 spiro atoms. The molecule has 4 heteroatoms. The molecule has 0 heterocycles. The number of Topliss-reactive ketones (excluding diaryl/α,β-unsaturated/α-hetero) is 3. The fourth-order valence-electron chi connectivity index (χ4n) is 4.42. The Labute approximate surface area is 204 Å². The van der Waals surface area contributed by atoms with Crippen LogP contribution in [0.2, 0.25) is 0 Å². The Hall–Kier alpha value is -2.59. The molecule has 0 aliphatic rings. The van der Waals surface area contributed by atoms with E-state index in [1.54, 1.807) is 12.1 Å². The van der Waals surface area contributed by atoms with Crippen LogP contribution in [-0.2, 0) is 16.0 Å². The number of ketones is 3. The quantitative estimate of drug-likeness (QED) is 0.172. The Kier molecular flexibility index (Phi) is 11.9. The minimum absolute atomic E-state index is 0.208. The summed E-state index contributed by atoms with van der Waals surface area (Å²) >= 11 is 0. The highest BCUT2D eigenvalue weighted by Crippen LogP contribution is 2.23. The molecule has 0 aromatic heterocycles. The first-order valence-corrected chi connectivity index (χ1v) is 12.8. The van der Waals surface area contributed by atoms with Crippen LogP contribution in [0.1, 0.15) is 88.1 Å². The predicted molar refractivity (Wildman–Crippen MR) is 138 cm³/mol. The van der Waals surface area contributed by atoms with Crippen molar-refractivity contribution in [1.82, 2.24) is 0 Å². The standard InChI is InChI=1S/C30H40O4/c1-4-23(5-2)10-8-6-7-9-11-24-12-14-25(15-13-24)26-16-18-27(19-17-26)29(33)20-28(22(3)32)30(34)21-31/h12-19,23,28,31H,4-11,20-21H2,1-3H3. The number of carbonyl (C=O) groups excluding carboxylic acids is 3. The Bertz CT molecular complexity index is 908. The first-order chi connectivity index (χ1) is 16.4. The zero-order chi connectivity index (χ0) is 24.9. The predicted octanol–water partition coefficient (Wildman–Crippen LogP) is 6.62. The normalized spacial score (nSPS) is 12.0. The van der Waals surface area contributed by atoms with Gasteiger partial charge in [0, 0.05) is 12.0 Å². The molecule has 4 nitrogen and oxygen atoms in total. The molecule has 0 saturated heterocycles. The maximum absolute atomic E-state index is 12.5. The summed E-state index contributed by atoms with van der Waals surface area (Å²) in [7, 11) is 0. The lowest BCUT2D eigenvalue weighted by atomic mass is 9.91. The van der Waals surface area contributed by atoms with Crippen molar-refractivity contribution in [2.24, 2.45) is 11.8 Å². The van der Waals surface area contributed by atoms with Crippen molar-refractivity contribution in [3.8, 4) is 11.1 Å². The second-order valence-corrected chi connectivity index (χ2v) is 9.32. The van der Waals surface area contributed by atoms with Crippen molar-refractivity contribution >= 4 is 17.3 Å². The minimum Gasteiger partial charge on any atom is -0.389 e. The largest absolute Gasteiger partial charge is 0.389 e. The van der Waals surface area contributed by atoms with E-state index < -0.39 is 24.1 Å². The fourth-order valence-corrected chi connectivity index (χ4v) is 4.42. The minimum atomic E-state index is -1.07. The van der Waals surface area contributed by atoms with E-state index in [4.69, 9.17) is 5.11 Å². The van der Waals surface area contributed by atoms with Crippen LogP contribution in [0, 0.1) is 11.8 Å². The van der Waals surface area contributed by atoms with Gasteiger partial charge in [-0.3, -0.25) is 14.4 Å². The van der Waals surface area contributed by atoms with E-state index in [2.05, 4.69) is 38.1 Å². The molecule has 2 aromatic rings. The third kappa shape index (κ3) is 8.64. The van der Waals surface area contributed by atoms with Gasteiger partial charge in [0.1, 0.15) is 12.4 Å². The zero-order valence-electron chi connectivity index (χ0n) is 21.0. The second kappa shape index (κ2) is 14.6. The molecule has 1 N–H and O–H groups in total. The van der Waals surface area contributed by atoms with Crippen LogP contribution in [0.3, 0.4) is 0 Å². The summed E-state index contributed by atoms with van der Waals surface area (Å²) in [6, 6.07) is 15.8. The molecular formula is C30H40O4. The Morgan fingerprint density at radius 3 is 1.88 bits per heavy atom. The fraction of sp³-hybridized carbons (Fsp3) is 0.500. The lowest BCUT2D eigenvalue weighted by Crippen LogP contribution is -2.27. The van der Waals surface area contributed by atoms with Crippen LogP contribution in [0.5, 0.6) is 0 Å². The van der Waals surface area contributed by atoms with Crippen LogP contribution >= 0.6 is 0 Å². The Morgan fingerprint density at radius 1 is 0.794 bits per heavy atom. The van der Waals surface area contributed by atoms with E-state index in [1.165, 1.54) is 57.4 Å². The third-order valence-electron chi connectivity index (χ3n) is 6.90. The van der Waals surface area contributed by atoms with Crippen molar-refractivity contribution in [3.63, 3.8) is 0 Å². The molecular weight excluding hydrogens is 424 g/mol. The van der Waals surface area contributed by atoms with Gasteiger partial charge in [0.05, 0.1) is 5.92 Å². The van der Waals surface area contributed by atoms with Gasteiger partial charge >= 0.3 is 0 Å². The van der Waals surface area contributed by atoms with E-state index in [1.807, 2.05) is 12.1 Å². The Morgan fingerprint density at radius 2 is 1.35 bits per heavy atom. The Balaban J connectivity index is 1.85. The maximum atomic E-state index is 12.5. The highest BCUT2D eigenvalue weighted by atomic mass is 16.3. The summed E-state index contributed by atoms with van der Waals surface area (Å²) in [6.07, 6.45) is 10.0. The molecule has 1 atom stereocenters. The molecule has 0 saturated carbocycles. The monoisotopic (exact) mass is 464 g/mol. The van der Waals surface area contributed by atoms with E-state index in [9.17, 15) is 14.4 Å². The van der Waals surface area contributed by atoms with Gasteiger partial charge in [-0.15, -0.1) is 0 Å². The summed E-state index contributed by atoms with van der Waals surface area (Å²) in [5.74, 6) is -1.46. The molecule has 0 bridgehead atoms. The number of hydrogen-bond acceptors (Lipinski definition) is 4. The number of carbonyl (C=O) groups is 3. The number of aryl methyl sites for hydroxylation is 1. The van der Waals surface area contributed by atoms with Crippen molar-refractivity contribution in [2.75, 3.05) is 6.61 Å². The highest BCUT2D eigenvalue weighted by Gasteiger charge is 2.25. The maximum Gasteiger partial charge on any atom is 0.169 e. The van der Waals surface area contributed by atoms with Crippen molar-refractivity contribution in [3.05, 3.63) is 59.7 Å². The SMILES string of the molecule is CCC(CC)CCCCCCc1ccc(-c2ccc(C(=O)CC(C(C)=O)C(=O)CO)cc2)cc1. The van der Waals surface area contributed by atoms with Gasteiger partial charge in [-0.2, -0.15) is 0 Å². The highest BCUT2D eigenvalue weighted by molar-refractivity contribution is 6.08. The van der Waals surface area contributed by atoms with Gasteiger partial charge in [-0.1, -0.05) is 101 Å². The smallest absolute Gasteiger partial charge is 0.169 e. The summed E-state index contributed by atoms with van der Waals surface area (Å²) in [4.78, 5) is 35.9. The van der Waals surface area contributed by atoms with Gasteiger partial charge in [-0.05, 0) is 42.4 Å². The summed E-state index contributed by atoms with van der Waals surface area (Å²) in [5.41, 5.74) is 3.91. The average Bonchev–Trinajstić information content (AvgIpc) is 2.86. The van der Waals surface area contributed by atoms with Gasteiger partial charge < -0.3 is 5.11 Å². The van der Waals surface area contributed by atoms with Crippen LogP contribution in [0.4, 0.5) is 0 Å². The molecule has 2 aromatic carbocycles. The molecule has 0 radical (unpaired) electrons. The van der Waals surface area contributed by atoms with Crippen LogP contribution in [-0.4, -0.2) is 29.1 Å². The van der Waals surface area contributed by atoms with Gasteiger partial charge in [-0.25, -0.2) is 0 Å². The van der Waals surface area contributed by atoms with Gasteiger partial charge in [0.15, 0.2) is 11.6 Å². The zero-order valence-corrected chi connectivity index (χ0v) is 21.0. The first kappa shape index (κ1) is 27.7. The van der Waals surface area contributed by atoms with E-state index in [0.29, 0.717) is 5.56 Å². The summed E-state index contributed by atoms with van der Waals surface area (Å²) in [6.45, 7) is 5.12. The summed E-state index contributed by atoms with van der Waals surface area (Å²) in [5, 5.41) is 9.02. The number of rotatable bonds is 16. The average molecular weight is 465 g/mol. The number of benzene rings is 2. The van der Waals surface area contributed by atoms with E-state index >= 15 is 0 Å². The molecule has 0 aliphatic heterocycles. The molecule has 2 rings (SSSR count). The number of aliphatic hydroxyl groups is 1. The first-order valence-electron chi connectivity index (χ1n) is 12.8. The van der Waals surface area contributed by atoms with Crippen LogP contribution < -0.4 is 0 Å². The van der Waals surface area contributed by atoms with Crippen LogP contribution in [0.15, 0.2) is 48.5 Å². The van der Waals surface area contributed by atoms with Gasteiger partial charge in [0.25, 0.3) is 0 Å². The number of unbranched alkanes of at least 4 members (excludes halogenated alkanes) is 3. The van der Waals surface area contributed by atoms with Gasteiger partial charge in [0.2, 0.25) is 0 Å². The third-order valence-corrected chi connectivity index (χ3v) is 6.90. The van der Waals surface area contributed by atoms with Crippen molar-refractivity contribution < 1.29 is 19.5 Å². The molecule has 184 valence electrons. The van der Waals surface area contributed by atoms with E-state index in [0.717, 1.165) is 23.5 Å². The lowest BCUT2D eigenvalue weighted by molar-refractivity contribution is -0.133. The number of hydrogen-bond donors (Lipinski definition) is 1. The topological polar surface area (TPSA) is 71.4 Å². The summed E-state index contributed by atoms with van der Waals surface area (Å²) < 4.78 is 0. The van der Waals surface area contributed by atoms with Crippen molar-refractivity contribution in [1.29, 1.82) is 0 Å².